The standard InChI is InChI=1S/C23H34N4O2S.HI/c1-3-28-13-14-29-18-20-7-4-6-19(16-20)17-25-23(24-2)26-21-9-11-27(12-10-21)22-8-5-15-30-22;/h4-8,15-16,21H,3,9-14,17-18H2,1-2H3,(H2,24,25,26);1H. The lowest BCUT2D eigenvalue weighted by molar-refractivity contribution is 0.0453. The molecular weight excluding hydrogens is 523 g/mol. The fourth-order valence-electron chi connectivity index (χ4n) is 3.55. The Bertz CT molecular complexity index is 765. The van der Waals surface area contributed by atoms with Crippen LogP contribution < -0.4 is 15.5 Å². The first-order valence-electron chi connectivity index (χ1n) is 10.8. The van der Waals surface area contributed by atoms with E-state index in [2.05, 4.69) is 62.3 Å². The van der Waals surface area contributed by atoms with E-state index in [0.717, 1.165) is 45.0 Å². The van der Waals surface area contributed by atoms with E-state index in [1.54, 1.807) is 0 Å². The van der Waals surface area contributed by atoms with E-state index < -0.39 is 0 Å². The first kappa shape index (κ1) is 25.9. The van der Waals surface area contributed by atoms with Gasteiger partial charge in [0, 0.05) is 39.3 Å². The summed E-state index contributed by atoms with van der Waals surface area (Å²) in [5.41, 5.74) is 2.39. The summed E-state index contributed by atoms with van der Waals surface area (Å²) in [6.07, 6.45) is 2.24. The highest BCUT2D eigenvalue weighted by Gasteiger charge is 2.20. The van der Waals surface area contributed by atoms with E-state index in [4.69, 9.17) is 9.47 Å². The van der Waals surface area contributed by atoms with Gasteiger partial charge in [-0.2, -0.15) is 0 Å². The summed E-state index contributed by atoms with van der Waals surface area (Å²) in [6.45, 7) is 7.50. The van der Waals surface area contributed by atoms with Crippen LogP contribution in [0, 0.1) is 0 Å². The van der Waals surface area contributed by atoms with Gasteiger partial charge in [-0.15, -0.1) is 35.3 Å². The van der Waals surface area contributed by atoms with Gasteiger partial charge in [-0.1, -0.05) is 24.3 Å². The highest BCUT2D eigenvalue weighted by molar-refractivity contribution is 14.0. The van der Waals surface area contributed by atoms with Crippen molar-refractivity contribution in [3.05, 3.63) is 52.9 Å². The summed E-state index contributed by atoms with van der Waals surface area (Å²) in [6, 6.07) is 13.3. The van der Waals surface area contributed by atoms with Crippen LogP contribution in [0.2, 0.25) is 0 Å². The van der Waals surface area contributed by atoms with Gasteiger partial charge in [0.2, 0.25) is 0 Å². The van der Waals surface area contributed by atoms with Gasteiger partial charge in [0.25, 0.3) is 0 Å². The summed E-state index contributed by atoms with van der Waals surface area (Å²) < 4.78 is 11.0. The van der Waals surface area contributed by atoms with Crippen molar-refractivity contribution in [2.45, 2.75) is 39.0 Å². The fraction of sp³-hybridized carbons (Fsp3) is 0.522. The Morgan fingerprint density at radius 3 is 2.61 bits per heavy atom. The van der Waals surface area contributed by atoms with Gasteiger partial charge in [0.15, 0.2) is 5.96 Å². The van der Waals surface area contributed by atoms with Gasteiger partial charge >= 0.3 is 0 Å². The van der Waals surface area contributed by atoms with Crippen LogP contribution >= 0.6 is 35.3 Å². The Hall–Kier alpha value is -1.36. The van der Waals surface area contributed by atoms with Gasteiger partial charge in [-0.25, -0.2) is 0 Å². The Morgan fingerprint density at radius 2 is 1.90 bits per heavy atom. The fourth-order valence-corrected chi connectivity index (χ4v) is 4.33. The molecule has 0 amide bonds. The molecule has 172 valence electrons. The number of hydrogen-bond donors (Lipinski definition) is 2. The minimum Gasteiger partial charge on any atom is -0.379 e. The Balaban J connectivity index is 0.00000341. The number of rotatable bonds is 10. The zero-order valence-electron chi connectivity index (χ0n) is 18.5. The summed E-state index contributed by atoms with van der Waals surface area (Å²) in [5.74, 6) is 0.864. The number of nitrogens with one attached hydrogen (secondary N) is 2. The predicted molar refractivity (Wildman–Crippen MR) is 141 cm³/mol. The van der Waals surface area contributed by atoms with Gasteiger partial charge < -0.3 is 25.0 Å². The van der Waals surface area contributed by atoms with Crippen molar-refractivity contribution in [1.82, 2.24) is 10.6 Å². The topological polar surface area (TPSA) is 58.1 Å². The Morgan fingerprint density at radius 1 is 1.13 bits per heavy atom. The van der Waals surface area contributed by atoms with Crippen LogP contribution in [0.3, 0.4) is 0 Å². The number of thiophene rings is 1. The summed E-state index contributed by atoms with van der Waals surface area (Å²) in [7, 11) is 1.83. The van der Waals surface area contributed by atoms with Gasteiger partial charge in [0.1, 0.15) is 0 Å². The number of aliphatic imine (C=N–C) groups is 1. The quantitative estimate of drug-likeness (QED) is 0.198. The zero-order chi connectivity index (χ0) is 21.0. The summed E-state index contributed by atoms with van der Waals surface area (Å²) in [4.78, 5) is 6.88. The average molecular weight is 559 g/mol. The van der Waals surface area contributed by atoms with Crippen molar-refractivity contribution in [3.8, 4) is 0 Å². The number of hydrogen-bond acceptors (Lipinski definition) is 5. The van der Waals surface area contributed by atoms with Gasteiger partial charge in [0.05, 0.1) is 24.8 Å². The molecule has 1 aliphatic rings. The number of anilines is 1. The van der Waals surface area contributed by atoms with Gasteiger partial charge in [-0.3, -0.25) is 4.99 Å². The van der Waals surface area contributed by atoms with Crippen LogP contribution in [0.5, 0.6) is 0 Å². The van der Waals surface area contributed by atoms with E-state index in [-0.39, 0.29) is 24.0 Å². The molecule has 1 fully saturated rings. The molecule has 0 unspecified atom stereocenters. The van der Waals surface area contributed by atoms with Crippen molar-refractivity contribution in [2.24, 2.45) is 4.99 Å². The smallest absolute Gasteiger partial charge is 0.191 e. The van der Waals surface area contributed by atoms with Crippen LogP contribution in [-0.2, 0) is 22.6 Å². The molecule has 0 aliphatic carbocycles. The maximum atomic E-state index is 5.67. The van der Waals surface area contributed by atoms with Crippen LogP contribution in [0.15, 0.2) is 46.8 Å². The minimum absolute atomic E-state index is 0. The van der Waals surface area contributed by atoms with Crippen molar-refractivity contribution in [1.29, 1.82) is 0 Å². The SMILES string of the molecule is CCOCCOCc1cccc(CNC(=NC)NC2CCN(c3cccs3)CC2)c1.I. The lowest BCUT2D eigenvalue weighted by atomic mass is 10.1. The van der Waals surface area contributed by atoms with E-state index in [1.165, 1.54) is 16.1 Å². The lowest BCUT2D eigenvalue weighted by Crippen LogP contribution is -2.48. The molecule has 1 aromatic heterocycles. The molecule has 0 atom stereocenters. The molecular formula is C23H35IN4O2S. The van der Waals surface area contributed by atoms with E-state index in [9.17, 15) is 0 Å². The summed E-state index contributed by atoms with van der Waals surface area (Å²) >= 11 is 1.82. The Labute approximate surface area is 207 Å². The first-order chi connectivity index (χ1) is 14.8. The molecule has 6 nitrogen and oxygen atoms in total. The molecule has 3 rings (SSSR count). The third-order valence-corrected chi connectivity index (χ3v) is 6.10. The van der Waals surface area contributed by atoms with Crippen LogP contribution in [0.4, 0.5) is 5.00 Å². The Kier molecular flexibility index (Phi) is 12.2. The molecule has 0 spiro atoms. The largest absolute Gasteiger partial charge is 0.379 e. The van der Waals surface area contributed by atoms with Crippen molar-refractivity contribution >= 4 is 46.3 Å². The second kappa shape index (κ2) is 14.7. The van der Waals surface area contributed by atoms with Crippen LogP contribution in [0.25, 0.3) is 0 Å². The monoisotopic (exact) mass is 558 g/mol. The maximum absolute atomic E-state index is 5.67. The van der Waals surface area contributed by atoms with Crippen molar-refractivity contribution < 1.29 is 9.47 Å². The highest BCUT2D eigenvalue weighted by atomic mass is 127. The number of guanidine groups is 1. The minimum atomic E-state index is 0. The highest BCUT2D eigenvalue weighted by Crippen LogP contribution is 2.24. The second-order valence-electron chi connectivity index (χ2n) is 7.35. The van der Waals surface area contributed by atoms with Crippen LogP contribution in [-0.4, -0.2) is 52.0 Å². The molecule has 0 bridgehead atoms. The maximum Gasteiger partial charge on any atom is 0.191 e. The number of nitrogens with zero attached hydrogens (tertiary/aromatic N) is 2. The third-order valence-electron chi connectivity index (χ3n) is 5.17. The van der Waals surface area contributed by atoms with Gasteiger partial charge in [-0.05, 0) is 48.4 Å². The number of ether oxygens (including phenoxy) is 2. The predicted octanol–water partition coefficient (Wildman–Crippen LogP) is 4.25. The molecule has 2 heterocycles. The molecule has 1 saturated heterocycles. The van der Waals surface area contributed by atoms with Crippen molar-refractivity contribution in [2.75, 3.05) is 44.9 Å². The third kappa shape index (κ3) is 8.96. The lowest BCUT2D eigenvalue weighted by Gasteiger charge is -2.33. The molecule has 31 heavy (non-hydrogen) atoms. The molecule has 2 N–H and O–H groups in total. The zero-order valence-corrected chi connectivity index (χ0v) is 21.7. The first-order valence-corrected chi connectivity index (χ1v) is 11.7. The van der Waals surface area contributed by atoms with E-state index in [0.29, 0.717) is 25.9 Å². The second-order valence-corrected chi connectivity index (χ2v) is 8.28. The van der Waals surface area contributed by atoms with Crippen molar-refractivity contribution in [3.63, 3.8) is 0 Å². The van der Waals surface area contributed by atoms with E-state index >= 15 is 0 Å². The van der Waals surface area contributed by atoms with Crippen LogP contribution in [0.1, 0.15) is 30.9 Å². The molecule has 2 aromatic rings. The number of benzene rings is 1. The molecule has 1 aliphatic heterocycles. The molecule has 0 radical (unpaired) electrons. The van der Waals surface area contributed by atoms with E-state index in [1.807, 2.05) is 25.3 Å². The molecule has 8 heteroatoms. The number of piperidine rings is 1. The molecule has 0 saturated carbocycles. The normalized spacial score (nSPS) is 14.9. The molecule has 1 aromatic carbocycles. The number of halogens is 1. The summed E-state index contributed by atoms with van der Waals surface area (Å²) in [5, 5.41) is 10.6. The average Bonchev–Trinajstić information content (AvgIpc) is 3.32.